The van der Waals surface area contributed by atoms with Crippen LogP contribution in [-0.4, -0.2) is 28.7 Å². The van der Waals surface area contributed by atoms with Gasteiger partial charge in [0.1, 0.15) is 0 Å². The molecule has 0 aromatic heterocycles. The van der Waals surface area contributed by atoms with Gasteiger partial charge in [-0.2, -0.15) is 0 Å². The van der Waals surface area contributed by atoms with E-state index in [0.29, 0.717) is 0 Å². The zero-order chi connectivity index (χ0) is 10.3. The zero-order valence-corrected chi connectivity index (χ0v) is 13.6. The van der Waals surface area contributed by atoms with Crippen molar-refractivity contribution in [2.24, 2.45) is 0 Å². The number of hydrogen-bond donors (Lipinski definition) is 0. The third-order valence-corrected chi connectivity index (χ3v) is 4.47. The maximum atomic E-state index is 2.37. The Labute approximate surface area is 92.0 Å². The van der Waals surface area contributed by atoms with Gasteiger partial charge in [-0.3, -0.25) is 0 Å². The third-order valence-electron chi connectivity index (χ3n) is 1.35. The van der Waals surface area contributed by atoms with Crippen LogP contribution >= 0.6 is 0 Å². The predicted molar refractivity (Wildman–Crippen MR) is 66.9 cm³/mol. The monoisotopic (exact) mass is 300 g/mol. The van der Waals surface area contributed by atoms with Gasteiger partial charge in [0, 0.05) is 0 Å². The first kappa shape index (κ1) is 13.3. The second-order valence-electron chi connectivity index (χ2n) is 3.87. The van der Waals surface area contributed by atoms with E-state index in [1.165, 1.54) is 0 Å². The first-order valence-corrected chi connectivity index (χ1v) is 16.2. The molecule has 72 valence electrons. The molecular weight excluding hydrogens is 277 g/mol. The van der Waals surface area contributed by atoms with E-state index < -0.39 is 14.3 Å². The van der Waals surface area contributed by atoms with Crippen molar-refractivity contribution < 1.29 is 0 Å². The molecule has 1 aromatic carbocycles. The molecule has 0 aliphatic rings. The molecule has 1 aromatic rings. The molecule has 0 atom stereocenters. The van der Waals surface area contributed by atoms with E-state index in [0.717, 1.165) is 0 Å². The molecule has 0 fully saturated rings. The first-order valence-electron chi connectivity index (χ1n) is 4.66. The summed E-state index contributed by atoms with van der Waals surface area (Å²) in [5, 5.41) is 0. The molecule has 0 bridgehead atoms. The Balaban J connectivity index is 0.000000310. The van der Waals surface area contributed by atoms with Gasteiger partial charge in [0.2, 0.25) is 0 Å². The normalized spacial score (nSPS) is 9.77. The summed E-state index contributed by atoms with van der Waals surface area (Å²) in [4.78, 5) is 0. The summed E-state index contributed by atoms with van der Waals surface area (Å²) in [5.74, 6) is 11.7. The minimum atomic E-state index is -0.766. The van der Waals surface area contributed by atoms with E-state index in [1.54, 1.807) is 4.40 Å². The van der Waals surface area contributed by atoms with Crippen LogP contribution < -0.4 is 4.40 Å². The number of rotatable bonds is 1. The van der Waals surface area contributed by atoms with Gasteiger partial charge in [0.05, 0.1) is 0 Å². The quantitative estimate of drug-likeness (QED) is 0.699. The van der Waals surface area contributed by atoms with Crippen LogP contribution in [0.3, 0.4) is 0 Å². The Morgan fingerprint density at radius 2 is 1.15 bits per heavy atom. The van der Waals surface area contributed by atoms with Crippen molar-refractivity contribution in [1.29, 1.82) is 0 Å². The molecule has 0 N–H and O–H groups in total. The van der Waals surface area contributed by atoms with Gasteiger partial charge in [-0.1, -0.05) is 0 Å². The molecule has 0 saturated heterocycles. The molecule has 0 heterocycles. The Kier molecular flexibility index (Phi) is 7.87. The molecule has 1 rings (SSSR count). The van der Waals surface area contributed by atoms with Crippen LogP contribution in [0.15, 0.2) is 30.3 Å². The van der Waals surface area contributed by atoms with Crippen LogP contribution in [0.2, 0.25) is 28.8 Å². The number of hydrogen-bond acceptors (Lipinski definition) is 0. The fourth-order valence-corrected chi connectivity index (χ4v) is 2.57. The molecular formula is C11H20Ge2. The maximum absolute atomic E-state index is 2.37. The second-order valence-corrected chi connectivity index (χ2v) is 15.6. The summed E-state index contributed by atoms with van der Waals surface area (Å²) >= 11 is -1.10. The first-order chi connectivity index (χ1) is 6.04. The molecule has 0 amide bonds. The van der Waals surface area contributed by atoms with Crippen LogP contribution in [-0.2, 0) is 0 Å². The summed E-state index contributed by atoms with van der Waals surface area (Å²) in [5.41, 5.74) is 0. The average Bonchev–Trinajstić information content (AvgIpc) is 2.05. The van der Waals surface area contributed by atoms with Crippen LogP contribution in [0, 0.1) is 0 Å². The fraction of sp³-hybridized carbons (Fsp3) is 0.455. The van der Waals surface area contributed by atoms with E-state index >= 15 is 0 Å². The minimum absolute atomic E-state index is 0.333. The topological polar surface area (TPSA) is 0 Å². The molecule has 13 heavy (non-hydrogen) atoms. The Morgan fingerprint density at radius 3 is 1.38 bits per heavy atom. The van der Waals surface area contributed by atoms with Gasteiger partial charge in [-0.25, -0.2) is 0 Å². The standard InChI is InChI=1S/C8H11Ge.C3H9Ge/c1-9(2)8-6-4-3-5-7-8;1-4(2)3/h3-7H,1-2H3;1-3H3. The van der Waals surface area contributed by atoms with Gasteiger partial charge in [0.15, 0.2) is 0 Å². The summed E-state index contributed by atoms with van der Waals surface area (Å²) in [6.07, 6.45) is 0. The van der Waals surface area contributed by atoms with Crippen LogP contribution in [0.5, 0.6) is 0 Å². The van der Waals surface area contributed by atoms with E-state index in [1.807, 2.05) is 0 Å². The van der Waals surface area contributed by atoms with E-state index in [4.69, 9.17) is 0 Å². The summed E-state index contributed by atoms with van der Waals surface area (Å²) < 4.78 is 1.58. The molecule has 0 aliphatic carbocycles. The van der Waals surface area contributed by atoms with Crippen molar-refractivity contribution in [3.8, 4) is 0 Å². The van der Waals surface area contributed by atoms with E-state index in [-0.39, 0.29) is 14.3 Å². The predicted octanol–water partition coefficient (Wildman–Crippen LogP) is 3.02. The van der Waals surface area contributed by atoms with Crippen molar-refractivity contribution in [2.75, 3.05) is 0 Å². The van der Waals surface area contributed by atoms with Crippen molar-refractivity contribution in [3.05, 3.63) is 30.3 Å². The molecule has 2 heteroatoms. The zero-order valence-electron chi connectivity index (χ0n) is 9.39. The van der Waals surface area contributed by atoms with Gasteiger partial charge in [0.25, 0.3) is 0 Å². The summed E-state index contributed by atoms with van der Waals surface area (Å²) in [6.45, 7) is 0. The van der Waals surface area contributed by atoms with Gasteiger partial charge in [-0.05, 0) is 0 Å². The van der Waals surface area contributed by atoms with E-state index in [2.05, 4.69) is 59.1 Å². The van der Waals surface area contributed by atoms with Gasteiger partial charge in [-0.15, -0.1) is 0 Å². The van der Waals surface area contributed by atoms with Crippen molar-refractivity contribution in [3.63, 3.8) is 0 Å². The second kappa shape index (κ2) is 7.69. The SMILES string of the molecule is [CH3][Ge]([CH3])[CH3].[CH3][Ge]([CH3])[c]1ccccc1. The Bertz CT molecular complexity index is 202. The Morgan fingerprint density at radius 1 is 0.769 bits per heavy atom. The Hall–Kier alpha value is 0.306. The molecule has 0 saturated carbocycles. The van der Waals surface area contributed by atoms with Crippen molar-refractivity contribution >= 4 is 33.1 Å². The van der Waals surface area contributed by atoms with Crippen molar-refractivity contribution in [2.45, 2.75) is 28.8 Å². The molecule has 0 nitrogen and oxygen atoms in total. The molecule has 2 radical (unpaired) electrons. The summed E-state index contributed by atoms with van der Waals surface area (Å²) in [7, 11) is 0. The van der Waals surface area contributed by atoms with Gasteiger partial charge < -0.3 is 0 Å². The molecule has 0 spiro atoms. The fourth-order valence-electron chi connectivity index (χ4n) is 0.771. The molecule has 0 aliphatic heterocycles. The van der Waals surface area contributed by atoms with Crippen LogP contribution in [0.25, 0.3) is 0 Å². The average molecular weight is 298 g/mol. The number of benzene rings is 1. The van der Waals surface area contributed by atoms with Crippen LogP contribution in [0.1, 0.15) is 0 Å². The van der Waals surface area contributed by atoms with E-state index in [9.17, 15) is 0 Å². The molecule has 0 unspecified atom stereocenters. The van der Waals surface area contributed by atoms with Crippen molar-refractivity contribution in [1.82, 2.24) is 0 Å². The van der Waals surface area contributed by atoms with Crippen LogP contribution in [0.4, 0.5) is 0 Å². The van der Waals surface area contributed by atoms with Gasteiger partial charge >= 0.3 is 92.2 Å². The summed E-state index contributed by atoms with van der Waals surface area (Å²) in [6, 6.07) is 10.8. The third kappa shape index (κ3) is 8.63.